The normalized spacial score (nSPS) is 10.8. The van der Waals surface area contributed by atoms with Crippen LogP contribution < -0.4 is 5.73 Å². The van der Waals surface area contributed by atoms with Gasteiger partial charge in [-0.1, -0.05) is 0 Å². The number of carbonyl (C=O) groups excluding carboxylic acids is 1. The minimum atomic E-state index is -0.414. The van der Waals surface area contributed by atoms with Crippen LogP contribution in [0.1, 0.15) is 11.3 Å². The first-order valence-electron chi connectivity index (χ1n) is 4.63. The predicted molar refractivity (Wildman–Crippen MR) is 55.9 cm³/mol. The van der Waals surface area contributed by atoms with E-state index >= 15 is 0 Å². The van der Waals surface area contributed by atoms with Crippen LogP contribution in [0.15, 0.2) is 18.2 Å². The van der Waals surface area contributed by atoms with Gasteiger partial charge in [-0.3, -0.25) is 4.79 Å². The summed E-state index contributed by atoms with van der Waals surface area (Å²) >= 11 is 0. The molecular formula is C11H11FN2O. The maximum Gasteiger partial charge on any atom is 0.221 e. The Hall–Kier alpha value is -1.84. The topological polar surface area (TPSA) is 58.9 Å². The van der Waals surface area contributed by atoms with E-state index in [0.717, 1.165) is 22.2 Å². The summed E-state index contributed by atoms with van der Waals surface area (Å²) in [7, 11) is 0. The molecule has 1 heterocycles. The second-order valence-electron chi connectivity index (χ2n) is 3.56. The number of aromatic nitrogens is 1. The van der Waals surface area contributed by atoms with Gasteiger partial charge in [0.1, 0.15) is 5.82 Å². The van der Waals surface area contributed by atoms with Gasteiger partial charge in [0.2, 0.25) is 5.91 Å². The van der Waals surface area contributed by atoms with Crippen molar-refractivity contribution >= 4 is 16.8 Å². The third-order valence-electron chi connectivity index (χ3n) is 2.43. The Bertz CT molecular complexity index is 531. The number of halogens is 1. The van der Waals surface area contributed by atoms with Gasteiger partial charge in [-0.05, 0) is 30.7 Å². The fourth-order valence-electron chi connectivity index (χ4n) is 1.76. The molecule has 1 amide bonds. The average Bonchev–Trinajstić information content (AvgIpc) is 2.43. The average molecular weight is 206 g/mol. The quantitative estimate of drug-likeness (QED) is 0.771. The van der Waals surface area contributed by atoms with E-state index < -0.39 is 5.91 Å². The van der Waals surface area contributed by atoms with Crippen LogP contribution in [0, 0.1) is 12.7 Å². The summed E-state index contributed by atoms with van der Waals surface area (Å²) in [6.45, 7) is 1.84. The van der Waals surface area contributed by atoms with Crippen molar-refractivity contribution in [3.8, 4) is 0 Å². The largest absolute Gasteiger partial charge is 0.369 e. The Balaban J connectivity index is 2.65. The van der Waals surface area contributed by atoms with E-state index in [0.29, 0.717) is 0 Å². The smallest absolute Gasteiger partial charge is 0.221 e. The SMILES string of the molecule is Cc1[nH]c2ccc(F)cc2c1CC(N)=O. The lowest BCUT2D eigenvalue weighted by molar-refractivity contribution is -0.117. The number of primary amides is 1. The number of aromatic amines is 1. The molecule has 0 aliphatic rings. The van der Waals surface area contributed by atoms with Crippen LogP contribution in [-0.2, 0) is 11.2 Å². The summed E-state index contributed by atoms with van der Waals surface area (Å²) < 4.78 is 13.0. The molecule has 15 heavy (non-hydrogen) atoms. The molecule has 1 aromatic heterocycles. The molecule has 0 spiro atoms. The number of aryl methyl sites for hydroxylation is 1. The van der Waals surface area contributed by atoms with Gasteiger partial charge in [-0.2, -0.15) is 0 Å². The number of benzene rings is 1. The summed E-state index contributed by atoms with van der Waals surface area (Å²) in [5.74, 6) is -0.726. The Morgan fingerprint density at radius 1 is 1.53 bits per heavy atom. The Morgan fingerprint density at radius 2 is 2.27 bits per heavy atom. The van der Waals surface area contributed by atoms with Gasteiger partial charge >= 0.3 is 0 Å². The summed E-state index contributed by atoms with van der Waals surface area (Å²) in [5, 5.41) is 0.728. The highest BCUT2D eigenvalue weighted by Crippen LogP contribution is 2.23. The van der Waals surface area contributed by atoms with Gasteiger partial charge in [-0.15, -0.1) is 0 Å². The number of hydrogen-bond donors (Lipinski definition) is 2. The highest BCUT2D eigenvalue weighted by Gasteiger charge is 2.10. The van der Waals surface area contributed by atoms with E-state index in [-0.39, 0.29) is 12.2 Å². The molecule has 0 bridgehead atoms. The van der Waals surface area contributed by atoms with E-state index in [1.54, 1.807) is 6.07 Å². The molecule has 78 valence electrons. The third-order valence-corrected chi connectivity index (χ3v) is 2.43. The van der Waals surface area contributed by atoms with Crippen LogP contribution in [0.5, 0.6) is 0 Å². The molecule has 0 atom stereocenters. The zero-order valence-electron chi connectivity index (χ0n) is 8.30. The first-order valence-corrected chi connectivity index (χ1v) is 4.63. The highest BCUT2D eigenvalue weighted by atomic mass is 19.1. The first-order chi connectivity index (χ1) is 7.08. The molecule has 0 aliphatic heterocycles. The van der Waals surface area contributed by atoms with Gasteiger partial charge < -0.3 is 10.7 Å². The highest BCUT2D eigenvalue weighted by molar-refractivity contribution is 5.89. The molecule has 3 nitrogen and oxygen atoms in total. The Labute approximate surface area is 86.1 Å². The van der Waals surface area contributed by atoms with Crippen LogP contribution in [0.4, 0.5) is 4.39 Å². The van der Waals surface area contributed by atoms with Crippen molar-refractivity contribution in [2.45, 2.75) is 13.3 Å². The maximum absolute atomic E-state index is 13.0. The van der Waals surface area contributed by atoms with Crippen molar-refractivity contribution in [3.63, 3.8) is 0 Å². The van der Waals surface area contributed by atoms with Crippen LogP contribution in [0.2, 0.25) is 0 Å². The van der Waals surface area contributed by atoms with Crippen LogP contribution in [-0.4, -0.2) is 10.9 Å². The monoisotopic (exact) mass is 206 g/mol. The van der Waals surface area contributed by atoms with Gasteiger partial charge in [0.15, 0.2) is 0 Å². The maximum atomic E-state index is 13.0. The summed E-state index contributed by atoms with van der Waals surface area (Å²) in [4.78, 5) is 13.9. The molecule has 0 radical (unpaired) electrons. The fourth-order valence-corrected chi connectivity index (χ4v) is 1.76. The van der Waals surface area contributed by atoms with Crippen molar-refractivity contribution < 1.29 is 9.18 Å². The van der Waals surface area contributed by atoms with Crippen LogP contribution in [0.25, 0.3) is 10.9 Å². The van der Waals surface area contributed by atoms with Crippen molar-refractivity contribution in [1.82, 2.24) is 4.98 Å². The lowest BCUT2D eigenvalue weighted by Crippen LogP contribution is -2.14. The van der Waals surface area contributed by atoms with Crippen molar-refractivity contribution in [3.05, 3.63) is 35.3 Å². The van der Waals surface area contributed by atoms with Crippen molar-refractivity contribution in [1.29, 1.82) is 0 Å². The fraction of sp³-hybridized carbons (Fsp3) is 0.182. The molecule has 0 unspecified atom stereocenters. The lowest BCUT2D eigenvalue weighted by atomic mass is 10.1. The Kier molecular flexibility index (Phi) is 2.19. The van der Waals surface area contributed by atoms with E-state index in [4.69, 9.17) is 5.73 Å². The molecule has 0 fully saturated rings. The molecule has 0 saturated carbocycles. The molecular weight excluding hydrogens is 195 g/mol. The minimum Gasteiger partial charge on any atom is -0.369 e. The van der Waals surface area contributed by atoms with Crippen molar-refractivity contribution in [2.24, 2.45) is 5.73 Å². The number of H-pyrrole nitrogens is 1. The third kappa shape index (κ3) is 1.70. The zero-order chi connectivity index (χ0) is 11.0. The molecule has 2 rings (SSSR count). The predicted octanol–water partition coefficient (Wildman–Crippen LogP) is 1.64. The number of nitrogens with two attached hydrogens (primary N) is 1. The van der Waals surface area contributed by atoms with Crippen LogP contribution >= 0.6 is 0 Å². The molecule has 0 aliphatic carbocycles. The first kappa shape index (κ1) is 9.71. The summed E-state index contributed by atoms with van der Waals surface area (Å²) in [6, 6.07) is 4.45. The van der Waals surface area contributed by atoms with E-state index in [1.807, 2.05) is 6.92 Å². The number of amides is 1. The van der Waals surface area contributed by atoms with E-state index in [9.17, 15) is 9.18 Å². The lowest BCUT2D eigenvalue weighted by Gasteiger charge is -1.97. The molecule has 4 heteroatoms. The summed E-state index contributed by atoms with van der Waals surface area (Å²) in [6.07, 6.45) is 0.134. The van der Waals surface area contributed by atoms with Crippen LogP contribution in [0.3, 0.4) is 0 Å². The minimum absolute atomic E-state index is 0.134. The zero-order valence-corrected chi connectivity index (χ0v) is 8.30. The number of nitrogens with one attached hydrogen (secondary N) is 1. The second kappa shape index (κ2) is 3.38. The number of rotatable bonds is 2. The van der Waals surface area contributed by atoms with E-state index in [2.05, 4.69) is 4.98 Å². The number of hydrogen-bond acceptors (Lipinski definition) is 1. The molecule has 2 aromatic rings. The van der Waals surface area contributed by atoms with Gasteiger partial charge in [0.25, 0.3) is 0 Å². The number of carbonyl (C=O) groups is 1. The molecule has 1 aromatic carbocycles. The van der Waals surface area contributed by atoms with Gasteiger partial charge in [-0.25, -0.2) is 4.39 Å². The van der Waals surface area contributed by atoms with Gasteiger partial charge in [0.05, 0.1) is 6.42 Å². The van der Waals surface area contributed by atoms with Crippen molar-refractivity contribution in [2.75, 3.05) is 0 Å². The Morgan fingerprint density at radius 3 is 2.93 bits per heavy atom. The second-order valence-corrected chi connectivity index (χ2v) is 3.56. The van der Waals surface area contributed by atoms with Gasteiger partial charge in [0, 0.05) is 16.6 Å². The molecule has 3 N–H and O–H groups in total. The number of fused-ring (bicyclic) bond motifs is 1. The summed E-state index contributed by atoms with van der Waals surface area (Å²) in [5.41, 5.74) is 7.59. The standard InChI is InChI=1S/C11H11FN2O/c1-6-8(5-11(13)15)9-4-7(12)2-3-10(9)14-6/h2-4,14H,5H2,1H3,(H2,13,15). The van der Waals surface area contributed by atoms with E-state index in [1.165, 1.54) is 12.1 Å². The molecule has 0 saturated heterocycles.